The number of halogens is 1. The van der Waals surface area contributed by atoms with Crippen molar-refractivity contribution in [2.75, 3.05) is 0 Å². The highest BCUT2D eigenvalue weighted by Crippen LogP contribution is 2.38. The summed E-state index contributed by atoms with van der Waals surface area (Å²) in [5.41, 5.74) is 0.885. The van der Waals surface area contributed by atoms with Crippen LogP contribution in [0.15, 0.2) is 12.1 Å². The first kappa shape index (κ1) is 14.9. The molecule has 0 unspecified atom stereocenters. The molecule has 0 saturated heterocycles. The fourth-order valence-electron chi connectivity index (χ4n) is 1.35. The first-order valence-electron chi connectivity index (χ1n) is 6.03. The van der Waals surface area contributed by atoms with Crippen molar-refractivity contribution in [2.24, 2.45) is 0 Å². The Hall–Kier alpha value is -1.16. The number of aldehydes is 1. The molecule has 0 amide bonds. The number of benzene rings is 1. The SMILES string of the molecule is Cc1cc(C=O)c(F)c(O[Si](C)(C)C(C)(C)C)c1. The quantitative estimate of drug-likeness (QED) is 0.602. The van der Waals surface area contributed by atoms with Crippen LogP contribution in [0.3, 0.4) is 0 Å². The third kappa shape index (κ3) is 2.99. The fourth-order valence-corrected chi connectivity index (χ4v) is 2.36. The maximum absolute atomic E-state index is 14.0. The average Bonchev–Trinajstić information content (AvgIpc) is 2.20. The minimum absolute atomic E-state index is 0.00940. The van der Waals surface area contributed by atoms with Crippen LogP contribution in [0.1, 0.15) is 36.7 Å². The van der Waals surface area contributed by atoms with Gasteiger partial charge in [-0.3, -0.25) is 4.79 Å². The lowest BCUT2D eigenvalue weighted by Crippen LogP contribution is -2.44. The molecule has 0 radical (unpaired) electrons. The normalized spacial score (nSPS) is 12.4. The molecular weight excluding hydrogens is 247 g/mol. The van der Waals surface area contributed by atoms with Crippen molar-refractivity contribution in [3.05, 3.63) is 29.1 Å². The third-order valence-electron chi connectivity index (χ3n) is 3.51. The zero-order valence-electron chi connectivity index (χ0n) is 11.9. The van der Waals surface area contributed by atoms with Gasteiger partial charge < -0.3 is 4.43 Å². The standard InChI is InChI=1S/C14H21FO2Si/c1-10-7-11(9-16)13(15)12(8-10)17-18(5,6)14(2,3)4/h7-9H,1-6H3. The molecule has 18 heavy (non-hydrogen) atoms. The molecule has 1 aromatic carbocycles. The molecule has 0 N–H and O–H groups in total. The van der Waals surface area contributed by atoms with Crippen LogP contribution in [0, 0.1) is 12.7 Å². The van der Waals surface area contributed by atoms with E-state index < -0.39 is 14.1 Å². The summed E-state index contributed by atoms with van der Waals surface area (Å²) < 4.78 is 20.0. The van der Waals surface area contributed by atoms with Gasteiger partial charge in [-0.2, -0.15) is 0 Å². The minimum Gasteiger partial charge on any atom is -0.542 e. The van der Waals surface area contributed by atoms with E-state index in [1.165, 1.54) is 6.07 Å². The van der Waals surface area contributed by atoms with Gasteiger partial charge in [-0.1, -0.05) is 20.8 Å². The second-order valence-corrected chi connectivity index (χ2v) is 10.9. The highest BCUT2D eigenvalue weighted by atomic mass is 28.4. The van der Waals surface area contributed by atoms with Crippen LogP contribution in [-0.2, 0) is 0 Å². The molecule has 4 heteroatoms. The summed E-state index contributed by atoms with van der Waals surface area (Å²) in [6, 6.07) is 3.18. The van der Waals surface area contributed by atoms with Gasteiger partial charge in [0, 0.05) is 0 Å². The molecule has 0 aliphatic heterocycles. The van der Waals surface area contributed by atoms with E-state index >= 15 is 0 Å². The largest absolute Gasteiger partial charge is 0.542 e. The Morgan fingerprint density at radius 2 is 1.83 bits per heavy atom. The number of aryl methyl sites for hydroxylation is 1. The van der Waals surface area contributed by atoms with Crippen LogP contribution < -0.4 is 4.43 Å². The van der Waals surface area contributed by atoms with Crippen molar-refractivity contribution in [1.82, 2.24) is 0 Å². The van der Waals surface area contributed by atoms with Gasteiger partial charge in [0.25, 0.3) is 8.32 Å². The van der Waals surface area contributed by atoms with Gasteiger partial charge in [0.05, 0.1) is 5.56 Å². The zero-order chi connectivity index (χ0) is 14.1. The van der Waals surface area contributed by atoms with Gasteiger partial charge in [0.1, 0.15) is 5.75 Å². The molecule has 100 valence electrons. The molecular formula is C14H21FO2Si. The van der Waals surface area contributed by atoms with Crippen LogP contribution in [0.5, 0.6) is 5.75 Å². The Labute approximate surface area is 109 Å². The van der Waals surface area contributed by atoms with Crippen molar-refractivity contribution < 1.29 is 13.6 Å². The van der Waals surface area contributed by atoms with Gasteiger partial charge >= 0.3 is 0 Å². The van der Waals surface area contributed by atoms with Crippen molar-refractivity contribution >= 4 is 14.6 Å². The number of rotatable bonds is 3. The summed E-state index contributed by atoms with van der Waals surface area (Å²) in [5, 5.41) is -0.00940. The Bertz CT molecular complexity index is 462. The lowest BCUT2D eigenvalue weighted by Gasteiger charge is -2.36. The molecule has 0 aliphatic rings. The number of hydrogen-bond acceptors (Lipinski definition) is 2. The van der Waals surface area contributed by atoms with Crippen LogP contribution in [0.25, 0.3) is 0 Å². The monoisotopic (exact) mass is 268 g/mol. The van der Waals surface area contributed by atoms with Crippen LogP contribution in [-0.4, -0.2) is 14.6 Å². The van der Waals surface area contributed by atoms with E-state index in [9.17, 15) is 9.18 Å². The topological polar surface area (TPSA) is 26.3 Å². The smallest absolute Gasteiger partial charge is 0.250 e. The summed E-state index contributed by atoms with van der Waals surface area (Å²) in [4.78, 5) is 10.8. The van der Waals surface area contributed by atoms with Gasteiger partial charge in [-0.25, -0.2) is 4.39 Å². The predicted octanol–water partition coefficient (Wildman–Crippen LogP) is 4.33. The third-order valence-corrected chi connectivity index (χ3v) is 7.85. The van der Waals surface area contributed by atoms with Gasteiger partial charge in [-0.15, -0.1) is 0 Å². The maximum Gasteiger partial charge on any atom is 0.250 e. The van der Waals surface area contributed by atoms with Gasteiger partial charge in [-0.05, 0) is 42.8 Å². The van der Waals surface area contributed by atoms with E-state index in [0.29, 0.717) is 6.29 Å². The minimum atomic E-state index is -2.09. The van der Waals surface area contributed by atoms with Crippen molar-refractivity contribution in [2.45, 2.75) is 45.8 Å². The molecule has 0 atom stereocenters. The number of carbonyl (C=O) groups excluding carboxylic acids is 1. The highest BCUT2D eigenvalue weighted by Gasteiger charge is 2.39. The van der Waals surface area contributed by atoms with Crippen LogP contribution >= 0.6 is 0 Å². The van der Waals surface area contributed by atoms with Crippen LogP contribution in [0.2, 0.25) is 18.1 Å². The molecule has 0 heterocycles. The number of hydrogen-bond donors (Lipinski definition) is 0. The Kier molecular flexibility index (Phi) is 4.01. The Morgan fingerprint density at radius 3 is 2.28 bits per heavy atom. The molecule has 0 aliphatic carbocycles. The molecule has 1 rings (SSSR count). The van der Waals surface area contributed by atoms with Crippen LogP contribution in [0.4, 0.5) is 4.39 Å². The molecule has 0 bridgehead atoms. The first-order valence-corrected chi connectivity index (χ1v) is 8.93. The Morgan fingerprint density at radius 1 is 1.28 bits per heavy atom. The molecule has 0 fully saturated rings. The van der Waals surface area contributed by atoms with E-state index in [1.807, 2.05) is 6.92 Å². The average molecular weight is 268 g/mol. The van der Waals surface area contributed by atoms with Gasteiger partial charge in [0.2, 0.25) is 0 Å². The first-order chi connectivity index (χ1) is 8.08. The predicted molar refractivity (Wildman–Crippen MR) is 74.3 cm³/mol. The second-order valence-electron chi connectivity index (χ2n) is 6.15. The van der Waals surface area contributed by atoms with E-state index in [-0.39, 0.29) is 16.4 Å². The van der Waals surface area contributed by atoms with E-state index in [1.54, 1.807) is 6.07 Å². The summed E-state index contributed by atoms with van der Waals surface area (Å²) in [7, 11) is -2.09. The van der Waals surface area contributed by atoms with Crippen molar-refractivity contribution in [1.29, 1.82) is 0 Å². The summed E-state index contributed by atoms with van der Waals surface area (Å²) >= 11 is 0. The van der Waals surface area contributed by atoms with E-state index in [4.69, 9.17) is 4.43 Å². The molecule has 0 aromatic heterocycles. The maximum atomic E-state index is 14.0. The lowest BCUT2D eigenvalue weighted by atomic mass is 10.1. The van der Waals surface area contributed by atoms with E-state index in [2.05, 4.69) is 33.9 Å². The van der Waals surface area contributed by atoms with E-state index in [0.717, 1.165) is 5.56 Å². The fraction of sp³-hybridized carbons (Fsp3) is 0.500. The summed E-state index contributed by atoms with van der Waals surface area (Å²) in [5.74, 6) is -0.357. The second kappa shape index (κ2) is 4.84. The molecule has 1 aromatic rings. The van der Waals surface area contributed by atoms with Gasteiger partial charge in [0.15, 0.2) is 12.1 Å². The summed E-state index contributed by atoms with van der Waals surface area (Å²) in [6.45, 7) is 12.2. The molecule has 0 saturated carbocycles. The lowest BCUT2D eigenvalue weighted by molar-refractivity contribution is 0.111. The molecule has 0 spiro atoms. The highest BCUT2D eigenvalue weighted by molar-refractivity contribution is 6.74. The summed E-state index contributed by atoms with van der Waals surface area (Å²) in [6.07, 6.45) is 0.529. The zero-order valence-corrected chi connectivity index (χ0v) is 12.9. The van der Waals surface area contributed by atoms with Crippen molar-refractivity contribution in [3.63, 3.8) is 0 Å². The van der Waals surface area contributed by atoms with Crippen molar-refractivity contribution in [3.8, 4) is 5.75 Å². The molecule has 2 nitrogen and oxygen atoms in total. The Balaban J connectivity index is 3.20. The number of carbonyl (C=O) groups is 1.